The SMILES string of the molecule is CCOC(=O)Cc1ccc(C#N)c(OC)c1OC(F)(F)F. The van der Waals surface area contributed by atoms with Gasteiger partial charge in [-0.15, -0.1) is 13.2 Å². The second kappa shape index (κ2) is 6.83. The second-order valence-corrected chi connectivity index (χ2v) is 3.78. The van der Waals surface area contributed by atoms with Crippen molar-refractivity contribution < 1.29 is 32.2 Å². The molecule has 1 aromatic rings. The molecule has 0 aliphatic heterocycles. The topological polar surface area (TPSA) is 68.6 Å². The fraction of sp³-hybridized carbons (Fsp3) is 0.385. The maximum absolute atomic E-state index is 12.5. The fourth-order valence-corrected chi connectivity index (χ4v) is 1.63. The molecule has 0 aromatic heterocycles. The molecule has 1 aromatic carbocycles. The third-order valence-electron chi connectivity index (χ3n) is 2.38. The number of halogens is 3. The largest absolute Gasteiger partial charge is 0.573 e. The fourth-order valence-electron chi connectivity index (χ4n) is 1.63. The van der Waals surface area contributed by atoms with Gasteiger partial charge in [0.2, 0.25) is 0 Å². The molecule has 0 amide bonds. The Labute approximate surface area is 118 Å². The summed E-state index contributed by atoms with van der Waals surface area (Å²) in [4.78, 5) is 11.4. The summed E-state index contributed by atoms with van der Waals surface area (Å²) in [5.41, 5.74) is -0.217. The number of hydrogen-bond donors (Lipinski definition) is 0. The highest BCUT2D eigenvalue weighted by molar-refractivity contribution is 5.75. The van der Waals surface area contributed by atoms with E-state index in [9.17, 15) is 18.0 Å². The molecule has 0 aliphatic carbocycles. The lowest BCUT2D eigenvalue weighted by molar-refractivity contribution is -0.275. The molecular formula is C13H12F3NO4. The van der Waals surface area contributed by atoms with E-state index in [1.54, 1.807) is 13.0 Å². The zero-order valence-corrected chi connectivity index (χ0v) is 11.3. The number of ether oxygens (including phenoxy) is 3. The molecule has 8 heteroatoms. The molecule has 0 saturated heterocycles. The van der Waals surface area contributed by atoms with Crippen molar-refractivity contribution in [1.82, 2.24) is 0 Å². The van der Waals surface area contributed by atoms with Crippen molar-refractivity contribution in [3.63, 3.8) is 0 Å². The van der Waals surface area contributed by atoms with Crippen LogP contribution in [0.2, 0.25) is 0 Å². The predicted octanol–water partition coefficient (Wildman–Crippen LogP) is 2.57. The van der Waals surface area contributed by atoms with Gasteiger partial charge in [0.25, 0.3) is 0 Å². The summed E-state index contributed by atoms with van der Waals surface area (Å²) in [6.07, 6.45) is -5.41. The number of carbonyl (C=O) groups excluding carboxylic acids is 1. The normalized spacial score (nSPS) is 10.7. The first kappa shape index (κ1) is 16.6. The van der Waals surface area contributed by atoms with Gasteiger partial charge in [-0.25, -0.2) is 0 Å². The number of alkyl halides is 3. The van der Waals surface area contributed by atoms with Gasteiger partial charge in [0, 0.05) is 5.56 Å². The molecule has 5 nitrogen and oxygen atoms in total. The van der Waals surface area contributed by atoms with Crippen molar-refractivity contribution in [2.75, 3.05) is 13.7 Å². The van der Waals surface area contributed by atoms with Crippen molar-refractivity contribution in [3.8, 4) is 17.6 Å². The van der Waals surface area contributed by atoms with E-state index in [2.05, 4.69) is 9.47 Å². The van der Waals surface area contributed by atoms with Gasteiger partial charge in [-0.2, -0.15) is 5.26 Å². The van der Waals surface area contributed by atoms with Crippen LogP contribution in [0.25, 0.3) is 0 Å². The van der Waals surface area contributed by atoms with Gasteiger partial charge in [-0.05, 0) is 13.0 Å². The molecular weight excluding hydrogens is 291 g/mol. The average Bonchev–Trinajstić information content (AvgIpc) is 2.39. The highest BCUT2D eigenvalue weighted by atomic mass is 19.4. The molecule has 0 fully saturated rings. The Hall–Kier alpha value is -2.43. The summed E-state index contributed by atoms with van der Waals surface area (Å²) in [6, 6.07) is 4.13. The number of benzene rings is 1. The van der Waals surface area contributed by atoms with E-state index in [1.807, 2.05) is 0 Å². The number of rotatable bonds is 5. The average molecular weight is 303 g/mol. The summed E-state index contributed by atoms with van der Waals surface area (Å²) >= 11 is 0. The summed E-state index contributed by atoms with van der Waals surface area (Å²) in [7, 11) is 1.10. The first-order valence-corrected chi connectivity index (χ1v) is 5.83. The zero-order valence-electron chi connectivity index (χ0n) is 11.3. The number of carbonyl (C=O) groups is 1. The van der Waals surface area contributed by atoms with Gasteiger partial charge in [0.1, 0.15) is 6.07 Å². The van der Waals surface area contributed by atoms with Crippen molar-refractivity contribution in [2.45, 2.75) is 19.7 Å². The second-order valence-electron chi connectivity index (χ2n) is 3.78. The van der Waals surface area contributed by atoms with Gasteiger partial charge in [0.15, 0.2) is 11.5 Å². The van der Waals surface area contributed by atoms with E-state index in [-0.39, 0.29) is 23.5 Å². The lowest BCUT2D eigenvalue weighted by Gasteiger charge is -2.17. The van der Waals surface area contributed by atoms with Crippen molar-refractivity contribution in [1.29, 1.82) is 5.26 Å². The van der Waals surface area contributed by atoms with Crippen LogP contribution in [0.15, 0.2) is 12.1 Å². The minimum atomic E-state index is -4.98. The summed E-state index contributed by atoms with van der Waals surface area (Å²) in [6.45, 7) is 1.67. The Kier molecular flexibility index (Phi) is 5.41. The lowest BCUT2D eigenvalue weighted by Crippen LogP contribution is -2.20. The van der Waals surface area contributed by atoms with Crippen LogP contribution >= 0.6 is 0 Å². The first-order valence-electron chi connectivity index (χ1n) is 5.83. The Morgan fingerprint density at radius 2 is 2.00 bits per heavy atom. The minimum Gasteiger partial charge on any atom is -0.492 e. The predicted molar refractivity (Wildman–Crippen MR) is 64.7 cm³/mol. The summed E-state index contributed by atoms with van der Waals surface area (Å²) in [5, 5.41) is 8.87. The number of esters is 1. The van der Waals surface area contributed by atoms with E-state index in [0.29, 0.717) is 0 Å². The van der Waals surface area contributed by atoms with Crippen LogP contribution in [-0.4, -0.2) is 26.0 Å². The van der Waals surface area contributed by atoms with Crippen LogP contribution in [-0.2, 0) is 16.0 Å². The van der Waals surface area contributed by atoms with Gasteiger partial charge in [0.05, 0.1) is 25.7 Å². The van der Waals surface area contributed by atoms with Crippen molar-refractivity contribution in [3.05, 3.63) is 23.3 Å². The summed E-state index contributed by atoms with van der Waals surface area (Å²) < 4.78 is 50.8. The van der Waals surface area contributed by atoms with Crippen LogP contribution in [0.3, 0.4) is 0 Å². The summed E-state index contributed by atoms with van der Waals surface area (Å²) in [5.74, 6) is -1.80. The van der Waals surface area contributed by atoms with E-state index in [0.717, 1.165) is 7.11 Å². The molecule has 1 rings (SSSR count). The number of hydrogen-bond acceptors (Lipinski definition) is 5. The van der Waals surface area contributed by atoms with E-state index >= 15 is 0 Å². The Bertz CT molecular complexity index is 564. The Balaban J connectivity index is 3.29. The van der Waals surface area contributed by atoms with Crippen molar-refractivity contribution >= 4 is 5.97 Å². The Morgan fingerprint density at radius 1 is 1.33 bits per heavy atom. The maximum Gasteiger partial charge on any atom is 0.573 e. The van der Waals surface area contributed by atoms with Gasteiger partial charge >= 0.3 is 12.3 Å². The molecule has 21 heavy (non-hydrogen) atoms. The Morgan fingerprint density at radius 3 is 2.48 bits per heavy atom. The third-order valence-corrected chi connectivity index (χ3v) is 2.38. The van der Waals surface area contributed by atoms with Crippen molar-refractivity contribution in [2.24, 2.45) is 0 Å². The van der Waals surface area contributed by atoms with Crippen LogP contribution in [0.5, 0.6) is 11.5 Å². The first-order chi connectivity index (χ1) is 9.82. The van der Waals surface area contributed by atoms with Gasteiger partial charge < -0.3 is 14.2 Å². The highest BCUT2D eigenvalue weighted by Crippen LogP contribution is 2.38. The quantitative estimate of drug-likeness (QED) is 0.782. The molecule has 114 valence electrons. The molecule has 0 heterocycles. The molecule has 0 spiro atoms. The van der Waals surface area contributed by atoms with Crippen LogP contribution in [0.4, 0.5) is 13.2 Å². The standard InChI is InChI=1S/C13H12F3NO4/c1-3-20-10(18)6-8-4-5-9(7-17)11(19-2)12(8)21-13(14,15)16/h4-5H,3,6H2,1-2H3. The van der Waals surface area contributed by atoms with E-state index in [1.165, 1.54) is 12.1 Å². The third kappa shape index (κ3) is 4.56. The van der Waals surface area contributed by atoms with Gasteiger partial charge in [-0.3, -0.25) is 4.79 Å². The minimum absolute atomic E-state index is 0.0818. The van der Waals surface area contributed by atoms with Crippen LogP contribution in [0, 0.1) is 11.3 Å². The molecule has 0 bridgehead atoms. The molecule has 0 radical (unpaired) electrons. The van der Waals surface area contributed by atoms with Gasteiger partial charge in [-0.1, -0.05) is 6.07 Å². The lowest BCUT2D eigenvalue weighted by atomic mass is 10.1. The van der Waals surface area contributed by atoms with E-state index in [4.69, 9.17) is 10.00 Å². The maximum atomic E-state index is 12.5. The monoisotopic (exact) mass is 303 g/mol. The van der Waals surface area contributed by atoms with Crippen LogP contribution < -0.4 is 9.47 Å². The molecule has 0 saturated carbocycles. The molecule has 0 aliphatic rings. The molecule has 0 N–H and O–H groups in total. The number of methoxy groups -OCH3 is 1. The van der Waals surface area contributed by atoms with E-state index < -0.39 is 24.5 Å². The zero-order chi connectivity index (χ0) is 16.0. The van der Waals surface area contributed by atoms with Crippen LogP contribution in [0.1, 0.15) is 18.1 Å². The molecule has 0 unspecified atom stereocenters. The molecule has 0 atom stereocenters. The number of nitriles is 1. The smallest absolute Gasteiger partial charge is 0.492 e. The highest BCUT2D eigenvalue weighted by Gasteiger charge is 2.34. The number of nitrogens with zero attached hydrogens (tertiary/aromatic N) is 1.